The third-order valence-corrected chi connectivity index (χ3v) is 8.38. The van der Waals surface area contributed by atoms with Crippen LogP contribution in [0.15, 0.2) is 59.8 Å². The molecule has 0 amide bonds. The molecule has 0 aliphatic carbocycles. The lowest BCUT2D eigenvalue weighted by atomic mass is 9.89. The van der Waals surface area contributed by atoms with Crippen molar-refractivity contribution in [1.29, 1.82) is 0 Å². The van der Waals surface area contributed by atoms with Crippen molar-refractivity contribution in [2.75, 3.05) is 24.9 Å². The molecule has 0 bridgehead atoms. The summed E-state index contributed by atoms with van der Waals surface area (Å²) in [6, 6.07) is 9.71. The number of rotatable bonds is 8. The van der Waals surface area contributed by atoms with Gasteiger partial charge in [0.25, 0.3) is 5.95 Å². The van der Waals surface area contributed by atoms with Gasteiger partial charge in [0.2, 0.25) is 10.8 Å². The van der Waals surface area contributed by atoms with Crippen molar-refractivity contribution in [1.82, 2.24) is 24.6 Å². The maximum atomic E-state index is 15.4. The van der Waals surface area contributed by atoms with Gasteiger partial charge >= 0.3 is 12.1 Å². The Morgan fingerprint density at radius 3 is 2.34 bits per heavy atom. The molecule has 1 aliphatic heterocycles. The van der Waals surface area contributed by atoms with E-state index in [1.54, 1.807) is 19.2 Å². The fraction of sp³-hybridized carbons (Fsp3) is 0.345. The van der Waals surface area contributed by atoms with Crippen LogP contribution in [0.25, 0.3) is 11.3 Å². The van der Waals surface area contributed by atoms with Gasteiger partial charge in [-0.05, 0) is 69.1 Å². The zero-order chi connectivity index (χ0) is 31.8. The smallest absolute Gasteiger partial charge is 0.458 e. The van der Waals surface area contributed by atoms with Crippen molar-refractivity contribution in [2.45, 2.75) is 42.7 Å². The molecule has 8 nitrogen and oxygen atoms in total. The molecule has 2 aromatic heterocycles. The molecule has 1 unspecified atom stereocenters. The number of alkyl halides is 5. The minimum absolute atomic E-state index is 0.0461. The van der Waals surface area contributed by atoms with Gasteiger partial charge in [-0.15, -0.1) is 0 Å². The van der Waals surface area contributed by atoms with E-state index < -0.39 is 58.1 Å². The lowest BCUT2D eigenvalue weighted by Crippen LogP contribution is -2.35. The van der Waals surface area contributed by atoms with Crippen LogP contribution in [0.5, 0.6) is 11.6 Å². The molecule has 1 N–H and O–H groups in total. The van der Waals surface area contributed by atoms with Crippen LogP contribution in [0.3, 0.4) is 0 Å². The van der Waals surface area contributed by atoms with Crippen LogP contribution in [0.2, 0.25) is 0 Å². The van der Waals surface area contributed by atoms with E-state index in [0.29, 0.717) is 11.1 Å². The molecule has 5 rings (SSSR count). The highest BCUT2D eigenvalue weighted by Crippen LogP contribution is 2.51. The molecule has 1 aliphatic rings. The standard InChI is InChI=1S/C29H28F6N6O2S/c1-17-6-4-5-7-21(17)25-24(28(31,32)29(33,34)35)26(38-27(37-25)39-44(42)20-15-36-41(3)16-20)43-23-9-8-19(14-22(23)30)18-10-12-40(2)13-11-18/h4-9,14-16,18H,10-13H2,1-3H3,(H,37,38,39). The first kappa shape index (κ1) is 31.6. The van der Waals surface area contributed by atoms with E-state index in [9.17, 15) is 17.7 Å². The van der Waals surface area contributed by atoms with E-state index in [4.69, 9.17) is 4.74 Å². The maximum absolute atomic E-state index is 15.4. The number of aromatic nitrogens is 4. The number of nitrogens with zero attached hydrogens (tertiary/aromatic N) is 5. The lowest BCUT2D eigenvalue weighted by Gasteiger charge is -2.29. The summed E-state index contributed by atoms with van der Waals surface area (Å²) in [5.41, 5.74) is -1.67. The Morgan fingerprint density at radius 1 is 1.02 bits per heavy atom. The van der Waals surface area contributed by atoms with Gasteiger partial charge in [0.1, 0.15) is 23.1 Å². The maximum Gasteiger partial charge on any atom is 0.458 e. The summed E-state index contributed by atoms with van der Waals surface area (Å²) in [7, 11) is 3.55. The van der Waals surface area contributed by atoms with Crippen LogP contribution in [-0.4, -0.2) is 55.5 Å². The van der Waals surface area contributed by atoms with Crippen LogP contribution in [0.4, 0.5) is 32.3 Å². The number of hydrogen-bond donors (Lipinski definition) is 1. The molecule has 234 valence electrons. The molecular weight excluding hydrogens is 610 g/mol. The van der Waals surface area contributed by atoms with Gasteiger partial charge < -0.3 is 14.2 Å². The van der Waals surface area contributed by atoms with Crippen LogP contribution >= 0.6 is 0 Å². The van der Waals surface area contributed by atoms with Crippen molar-refractivity contribution < 1.29 is 35.6 Å². The number of aryl methyl sites for hydroxylation is 2. The monoisotopic (exact) mass is 638 g/mol. The third-order valence-electron chi connectivity index (χ3n) is 7.38. The lowest BCUT2D eigenvalue weighted by molar-refractivity contribution is -0.289. The highest BCUT2D eigenvalue weighted by atomic mass is 32.2. The largest absolute Gasteiger partial charge is 0.588 e. The Kier molecular flexibility index (Phi) is 8.82. The molecule has 4 aromatic rings. The van der Waals surface area contributed by atoms with E-state index >= 15 is 13.2 Å². The molecule has 1 atom stereocenters. The predicted molar refractivity (Wildman–Crippen MR) is 151 cm³/mol. The van der Waals surface area contributed by atoms with Crippen molar-refractivity contribution in [3.05, 3.63) is 77.4 Å². The number of likely N-dealkylation sites (tertiary alicyclic amines) is 1. The van der Waals surface area contributed by atoms with Crippen molar-refractivity contribution in [3.63, 3.8) is 0 Å². The van der Waals surface area contributed by atoms with E-state index in [1.807, 2.05) is 7.05 Å². The first-order valence-corrected chi connectivity index (χ1v) is 14.7. The van der Waals surface area contributed by atoms with Gasteiger partial charge in [0.05, 0.1) is 11.9 Å². The number of benzene rings is 2. The number of anilines is 1. The predicted octanol–water partition coefficient (Wildman–Crippen LogP) is 6.71. The Bertz CT molecular complexity index is 1640. The summed E-state index contributed by atoms with van der Waals surface area (Å²) in [6.45, 7) is 3.11. The molecule has 1 saturated heterocycles. The van der Waals surface area contributed by atoms with Crippen LogP contribution in [-0.2, 0) is 24.3 Å². The first-order chi connectivity index (χ1) is 20.7. The SMILES string of the molecule is Cc1ccccc1-c1nc(N[S+]([O-])c2cnn(C)c2)nc(Oc2ccc(C3CCN(C)CC3)cc2F)c1C(F)(F)C(F)(F)F. The summed E-state index contributed by atoms with van der Waals surface area (Å²) < 4.78 is 110. The van der Waals surface area contributed by atoms with Gasteiger partial charge in [-0.3, -0.25) is 4.68 Å². The first-order valence-electron chi connectivity index (χ1n) is 13.5. The number of halogens is 6. The minimum atomic E-state index is -6.09. The Hall–Kier alpha value is -3.82. The topological polar surface area (TPSA) is 91.2 Å². The second kappa shape index (κ2) is 12.3. The Balaban J connectivity index is 1.64. The summed E-state index contributed by atoms with van der Waals surface area (Å²) in [5, 5.41) is 3.91. The average Bonchev–Trinajstić information content (AvgIpc) is 3.40. The number of hydrogen-bond acceptors (Lipinski definition) is 7. The van der Waals surface area contributed by atoms with E-state index in [1.165, 1.54) is 54.3 Å². The normalized spacial score (nSPS) is 15.8. The molecule has 44 heavy (non-hydrogen) atoms. The molecule has 1 fully saturated rings. The van der Waals surface area contributed by atoms with Gasteiger partial charge in [-0.1, -0.05) is 30.3 Å². The molecule has 0 spiro atoms. The van der Waals surface area contributed by atoms with Crippen LogP contribution in [0.1, 0.15) is 35.4 Å². The fourth-order valence-electron chi connectivity index (χ4n) is 4.95. The zero-order valence-corrected chi connectivity index (χ0v) is 24.6. The van der Waals surface area contributed by atoms with E-state index in [-0.39, 0.29) is 16.4 Å². The molecule has 2 aromatic carbocycles. The molecule has 0 saturated carbocycles. The van der Waals surface area contributed by atoms with Crippen molar-refractivity contribution in [3.8, 4) is 22.9 Å². The summed E-state index contributed by atoms with van der Waals surface area (Å²) in [5.74, 6) is -8.90. The third kappa shape index (κ3) is 6.49. The molecular formula is C29H28F6N6O2S. The summed E-state index contributed by atoms with van der Waals surface area (Å²) in [4.78, 5) is 10.0. The zero-order valence-electron chi connectivity index (χ0n) is 23.8. The number of ether oxygens (including phenoxy) is 1. The van der Waals surface area contributed by atoms with Crippen LogP contribution < -0.4 is 9.46 Å². The van der Waals surface area contributed by atoms with E-state index in [2.05, 4.69) is 24.7 Å². The second-order valence-electron chi connectivity index (χ2n) is 10.6. The summed E-state index contributed by atoms with van der Waals surface area (Å²) in [6.07, 6.45) is -1.89. The Morgan fingerprint density at radius 2 is 1.73 bits per heavy atom. The molecule has 3 heterocycles. The minimum Gasteiger partial charge on any atom is -0.588 e. The second-order valence-corrected chi connectivity index (χ2v) is 11.8. The van der Waals surface area contributed by atoms with Gasteiger partial charge in [-0.2, -0.15) is 36.8 Å². The van der Waals surface area contributed by atoms with Crippen molar-refractivity contribution in [2.24, 2.45) is 7.05 Å². The van der Waals surface area contributed by atoms with Gasteiger partial charge in [0, 0.05) is 12.6 Å². The molecule has 15 heteroatoms. The highest BCUT2D eigenvalue weighted by Gasteiger charge is 2.62. The van der Waals surface area contributed by atoms with Crippen molar-refractivity contribution >= 4 is 17.3 Å². The summed E-state index contributed by atoms with van der Waals surface area (Å²) >= 11 is -2.10. The number of nitrogens with one attached hydrogen (secondary N) is 1. The number of piperidine rings is 1. The Labute approximate surface area is 252 Å². The highest BCUT2D eigenvalue weighted by molar-refractivity contribution is 7.92. The fourth-order valence-corrected chi connectivity index (χ4v) is 5.72. The van der Waals surface area contributed by atoms with Gasteiger partial charge in [-0.25, -0.2) is 9.37 Å². The van der Waals surface area contributed by atoms with Gasteiger partial charge in [0.15, 0.2) is 11.6 Å². The quantitative estimate of drug-likeness (QED) is 0.169. The van der Waals surface area contributed by atoms with Crippen LogP contribution in [0, 0.1) is 12.7 Å². The average molecular weight is 639 g/mol. The van der Waals surface area contributed by atoms with E-state index in [0.717, 1.165) is 25.9 Å². The molecule has 0 radical (unpaired) electrons.